The van der Waals surface area contributed by atoms with E-state index in [0.29, 0.717) is 11.1 Å². The number of aryl methyl sites for hydroxylation is 1. The third-order valence-electron chi connectivity index (χ3n) is 3.52. The highest BCUT2D eigenvalue weighted by molar-refractivity contribution is 6.32. The number of hydrogen-bond acceptors (Lipinski definition) is 2. The monoisotopic (exact) mass is 303 g/mol. The third kappa shape index (κ3) is 3.99. The summed E-state index contributed by atoms with van der Waals surface area (Å²) in [5.41, 5.74) is 3.42. The van der Waals surface area contributed by atoms with Crippen molar-refractivity contribution in [3.8, 4) is 11.5 Å². The number of rotatable bonds is 5. The Balaban J connectivity index is 2.32. The lowest BCUT2D eigenvalue weighted by molar-refractivity contribution is 0.466. The minimum Gasteiger partial charge on any atom is -0.455 e. The Morgan fingerprint density at radius 1 is 1.10 bits per heavy atom. The summed E-state index contributed by atoms with van der Waals surface area (Å²) in [6.07, 6.45) is 0. The molecule has 21 heavy (non-hydrogen) atoms. The van der Waals surface area contributed by atoms with Gasteiger partial charge in [-0.3, -0.25) is 0 Å². The quantitative estimate of drug-likeness (QED) is 0.815. The average molecular weight is 304 g/mol. The first-order valence-corrected chi connectivity index (χ1v) is 7.61. The second-order valence-corrected chi connectivity index (χ2v) is 5.97. The molecule has 2 nitrogen and oxygen atoms in total. The zero-order chi connectivity index (χ0) is 15.4. The molecule has 0 amide bonds. The van der Waals surface area contributed by atoms with Crippen LogP contribution < -0.4 is 10.1 Å². The van der Waals surface area contributed by atoms with Gasteiger partial charge in [0.2, 0.25) is 0 Å². The third-order valence-corrected chi connectivity index (χ3v) is 3.81. The van der Waals surface area contributed by atoms with E-state index in [2.05, 4.69) is 39.1 Å². The Hall–Kier alpha value is -1.51. The van der Waals surface area contributed by atoms with Crippen molar-refractivity contribution in [2.24, 2.45) is 0 Å². The van der Waals surface area contributed by atoms with E-state index in [4.69, 9.17) is 16.3 Å². The summed E-state index contributed by atoms with van der Waals surface area (Å²) in [7, 11) is 0. The molecule has 0 bridgehead atoms. The molecule has 2 rings (SSSR count). The van der Waals surface area contributed by atoms with Gasteiger partial charge in [0, 0.05) is 18.2 Å². The summed E-state index contributed by atoms with van der Waals surface area (Å²) in [6, 6.07) is 12.3. The zero-order valence-electron chi connectivity index (χ0n) is 13.0. The van der Waals surface area contributed by atoms with Gasteiger partial charge in [-0.2, -0.15) is 0 Å². The largest absolute Gasteiger partial charge is 0.455 e. The van der Waals surface area contributed by atoms with Gasteiger partial charge in [0.25, 0.3) is 0 Å². The van der Waals surface area contributed by atoms with E-state index in [0.717, 1.165) is 29.2 Å². The van der Waals surface area contributed by atoms with Crippen LogP contribution in [0.1, 0.15) is 30.5 Å². The van der Waals surface area contributed by atoms with Crippen molar-refractivity contribution in [3.63, 3.8) is 0 Å². The highest BCUT2D eigenvalue weighted by atomic mass is 35.5. The molecule has 2 aromatic rings. The van der Waals surface area contributed by atoms with Crippen LogP contribution in [0.15, 0.2) is 36.4 Å². The highest BCUT2D eigenvalue weighted by Gasteiger charge is 2.12. The van der Waals surface area contributed by atoms with Crippen molar-refractivity contribution >= 4 is 11.6 Å². The molecule has 0 aromatic heterocycles. The molecule has 1 N–H and O–H groups in total. The molecule has 3 heteroatoms. The van der Waals surface area contributed by atoms with Gasteiger partial charge >= 0.3 is 0 Å². The molecule has 0 spiro atoms. The zero-order valence-corrected chi connectivity index (χ0v) is 13.8. The Bertz CT molecular complexity index is 623. The van der Waals surface area contributed by atoms with Crippen LogP contribution >= 0.6 is 11.6 Å². The molecule has 2 aromatic carbocycles. The molecule has 0 aliphatic rings. The van der Waals surface area contributed by atoms with E-state index in [9.17, 15) is 0 Å². The molecule has 0 radical (unpaired) electrons. The van der Waals surface area contributed by atoms with E-state index < -0.39 is 0 Å². The molecular weight excluding hydrogens is 282 g/mol. The first-order valence-electron chi connectivity index (χ1n) is 7.24. The van der Waals surface area contributed by atoms with Crippen molar-refractivity contribution in [3.05, 3.63) is 58.1 Å². The van der Waals surface area contributed by atoms with Crippen LogP contribution in [-0.2, 0) is 6.54 Å². The van der Waals surface area contributed by atoms with Gasteiger partial charge in [-0.15, -0.1) is 0 Å². The Labute approximate surface area is 132 Å². The maximum Gasteiger partial charge on any atom is 0.150 e. The summed E-state index contributed by atoms with van der Waals surface area (Å²) >= 11 is 6.33. The Kier molecular flexibility index (Phi) is 5.27. The molecule has 0 saturated heterocycles. The first kappa shape index (κ1) is 15.9. The predicted molar refractivity (Wildman–Crippen MR) is 89.4 cm³/mol. The van der Waals surface area contributed by atoms with Gasteiger partial charge in [-0.05, 0) is 37.1 Å². The summed E-state index contributed by atoms with van der Waals surface area (Å²) < 4.78 is 6.11. The standard InChI is InChI=1S/C18H22ClNO/c1-12(2)20-11-15-8-6-9-16(19)18(15)21-17-10-5-7-13(3)14(17)4/h5-10,12,20H,11H2,1-4H3. The van der Waals surface area contributed by atoms with Crippen LogP contribution in [0.4, 0.5) is 0 Å². The minimum absolute atomic E-state index is 0.414. The van der Waals surface area contributed by atoms with Gasteiger partial charge < -0.3 is 10.1 Å². The van der Waals surface area contributed by atoms with E-state index in [1.807, 2.05) is 30.3 Å². The van der Waals surface area contributed by atoms with Crippen molar-refractivity contribution < 1.29 is 4.74 Å². The minimum atomic E-state index is 0.414. The number of para-hydroxylation sites is 1. The van der Waals surface area contributed by atoms with Gasteiger partial charge in [0.05, 0.1) is 5.02 Å². The average Bonchev–Trinajstić information content (AvgIpc) is 2.44. The van der Waals surface area contributed by atoms with Gasteiger partial charge in [0.15, 0.2) is 5.75 Å². The van der Waals surface area contributed by atoms with Crippen molar-refractivity contribution in [2.45, 2.75) is 40.3 Å². The molecule has 0 saturated carbocycles. The normalized spacial score (nSPS) is 11.0. The molecule has 0 aliphatic carbocycles. The van der Waals surface area contributed by atoms with E-state index in [-0.39, 0.29) is 0 Å². The summed E-state index contributed by atoms with van der Waals surface area (Å²) in [4.78, 5) is 0. The van der Waals surface area contributed by atoms with Crippen molar-refractivity contribution in [1.82, 2.24) is 5.32 Å². The molecule has 0 unspecified atom stereocenters. The smallest absolute Gasteiger partial charge is 0.150 e. The van der Waals surface area contributed by atoms with Crippen molar-refractivity contribution in [1.29, 1.82) is 0 Å². The first-order chi connectivity index (χ1) is 9.99. The SMILES string of the molecule is Cc1cccc(Oc2c(Cl)cccc2CNC(C)C)c1C. The number of ether oxygens (including phenoxy) is 1. The van der Waals surface area contributed by atoms with E-state index in [1.54, 1.807) is 0 Å². The molecule has 0 fully saturated rings. The molecule has 112 valence electrons. The molecule has 0 aliphatic heterocycles. The summed E-state index contributed by atoms with van der Waals surface area (Å²) in [5, 5.41) is 4.04. The number of benzene rings is 2. The van der Waals surface area contributed by atoms with Crippen molar-refractivity contribution in [2.75, 3.05) is 0 Å². The van der Waals surface area contributed by atoms with Gasteiger partial charge in [0.1, 0.15) is 5.75 Å². The maximum absolute atomic E-state index is 6.33. The van der Waals surface area contributed by atoms with Crippen LogP contribution in [0, 0.1) is 13.8 Å². The predicted octanol–water partition coefficient (Wildman–Crippen LogP) is 5.25. The fourth-order valence-corrected chi connectivity index (χ4v) is 2.30. The van der Waals surface area contributed by atoms with Crippen LogP contribution in [0.5, 0.6) is 11.5 Å². The Morgan fingerprint density at radius 3 is 2.52 bits per heavy atom. The number of nitrogens with one attached hydrogen (secondary N) is 1. The summed E-state index contributed by atoms with van der Waals surface area (Å²) in [5.74, 6) is 1.59. The van der Waals surface area contributed by atoms with Crippen LogP contribution in [0.2, 0.25) is 5.02 Å². The summed E-state index contributed by atoms with van der Waals surface area (Å²) in [6.45, 7) is 9.12. The lowest BCUT2D eigenvalue weighted by Crippen LogP contribution is -2.22. The molecular formula is C18H22ClNO. The lowest BCUT2D eigenvalue weighted by atomic mass is 10.1. The Morgan fingerprint density at radius 2 is 1.81 bits per heavy atom. The van der Waals surface area contributed by atoms with Gasteiger partial charge in [-0.1, -0.05) is 49.7 Å². The second-order valence-electron chi connectivity index (χ2n) is 5.56. The fraction of sp³-hybridized carbons (Fsp3) is 0.333. The number of halogens is 1. The molecule has 0 atom stereocenters. The molecule has 0 heterocycles. The van der Waals surface area contributed by atoms with Gasteiger partial charge in [-0.25, -0.2) is 0 Å². The van der Waals surface area contributed by atoms with Crippen LogP contribution in [-0.4, -0.2) is 6.04 Å². The lowest BCUT2D eigenvalue weighted by Gasteiger charge is -2.16. The van der Waals surface area contributed by atoms with E-state index in [1.165, 1.54) is 5.56 Å². The second kappa shape index (κ2) is 6.97. The van der Waals surface area contributed by atoms with E-state index >= 15 is 0 Å². The highest BCUT2D eigenvalue weighted by Crippen LogP contribution is 2.35. The van der Waals surface area contributed by atoms with Crippen LogP contribution in [0.3, 0.4) is 0 Å². The fourth-order valence-electron chi connectivity index (χ4n) is 2.07. The topological polar surface area (TPSA) is 21.3 Å². The maximum atomic E-state index is 6.33. The number of hydrogen-bond donors (Lipinski definition) is 1. The van der Waals surface area contributed by atoms with Crippen LogP contribution in [0.25, 0.3) is 0 Å².